The molecule has 1 aromatic rings. The second-order valence-electron chi connectivity index (χ2n) is 5.66. The molecule has 0 unspecified atom stereocenters. The molecule has 5 nitrogen and oxygen atoms in total. The Balaban J connectivity index is 1.59. The van der Waals surface area contributed by atoms with Gasteiger partial charge in [0, 0.05) is 28.3 Å². The van der Waals surface area contributed by atoms with Crippen molar-refractivity contribution < 1.29 is 14.4 Å². The molecule has 1 heterocycles. The van der Waals surface area contributed by atoms with Gasteiger partial charge in [-0.15, -0.1) is 11.8 Å². The Bertz CT molecular complexity index is 629. The molecule has 1 aliphatic carbocycles. The van der Waals surface area contributed by atoms with Crippen molar-refractivity contribution in [2.24, 2.45) is 0 Å². The Morgan fingerprint density at radius 3 is 2.35 bits per heavy atom. The van der Waals surface area contributed by atoms with Crippen molar-refractivity contribution in [3.8, 4) is 0 Å². The van der Waals surface area contributed by atoms with Gasteiger partial charge in [-0.2, -0.15) is 0 Å². The van der Waals surface area contributed by atoms with Crippen molar-refractivity contribution in [3.05, 3.63) is 29.3 Å². The Kier molecular flexibility index (Phi) is 4.92. The van der Waals surface area contributed by atoms with E-state index in [1.54, 1.807) is 12.1 Å². The number of carbonyl (C=O) groups excluding carboxylic acids is 3. The van der Waals surface area contributed by atoms with Crippen LogP contribution in [0.15, 0.2) is 29.2 Å². The first kappa shape index (κ1) is 16.3. The lowest BCUT2D eigenvalue weighted by Gasteiger charge is -2.21. The molecule has 4 amide bonds. The molecule has 0 bridgehead atoms. The van der Waals surface area contributed by atoms with Crippen LogP contribution in [0.5, 0.6) is 0 Å². The van der Waals surface area contributed by atoms with Gasteiger partial charge in [-0.1, -0.05) is 24.4 Å². The molecule has 1 aliphatic heterocycles. The summed E-state index contributed by atoms with van der Waals surface area (Å²) in [5.74, 6) is -0.817. The zero-order valence-corrected chi connectivity index (χ0v) is 14.1. The summed E-state index contributed by atoms with van der Waals surface area (Å²) in [6.07, 6.45) is 3.61. The highest BCUT2D eigenvalue weighted by molar-refractivity contribution is 7.99. The molecular weight excluding hydrogens is 336 g/mol. The van der Waals surface area contributed by atoms with E-state index in [4.69, 9.17) is 11.6 Å². The molecule has 23 heavy (non-hydrogen) atoms. The van der Waals surface area contributed by atoms with E-state index in [0.29, 0.717) is 10.8 Å². The molecule has 7 heteroatoms. The highest BCUT2D eigenvalue weighted by atomic mass is 35.5. The van der Waals surface area contributed by atoms with Crippen molar-refractivity contribution in [1.82, 2.24) is 9.80 Å². The predicted molar refractivity (Wildman–Crippen MR) is 88.4 cm³/mol. The van der Waals surface area contributed by atoms with Gasteiger partial charge in [0.25, 0.3) is 0 Å². The molecule has 0 radical (unpaired) electrons. The number of halogens is 1. The van der Waals surface area contributed by atoms with Crippen LogP contribution < -0.4 is 0 Å². The summed E-state index contributed by atoms with van der Waals surface area (Å²) in [6.45, 7) is 0.236. The third-order valence-electron chi connectivity index (χ3n) is 4.17. The van der Waals surface area contributed by atoms with Gasteiger partial charge in [0.2, 0.25) is 0 Å². The maximum atomic E-state index is 12.4. The maximum absolute atomic E-state index is 12.4. The van der Waals surface area contributed by atoms with Crippen molar-refractivity contribution in [2.75, 3.05) is 12.3 Å². The highest BCUT2D eigenvalue weighted by Gasteiger charge is 2.47. The number of thioether (sulfide) groups is 1. The number of urea groups is 1. The van der Waals surface area contributed by atoms with Crippen LogP contribution in [0.1, 0.15) is 25.7 Å². The summed E-state index contributed by atoms with van der Waals surface area (Å²) in [6, 6.07) is 6.80. The Labute approximate surface area is 143 Å². The van der Waals surface area contributed by atoms with Gasteiger partial charge in [-0.05, 0) is 37.1 Å². The number of hydrogen-bond donors (Lipinski definition) is 0. The number of amides is 4. The lowest BCUT2D eigenvalue weighted by molar-refractivity contribution is -0.143. The minimum Gasteiger partial charge on any atom is -0.263 e. The molecule has 1 saturated heterocycles. The smallest absolute Gasteiger partial charge is 0.263 e. The van der Waals surface area contributed by atoms with Crippen LogP contribution in [0.3, 0.4) is 0 Å². The molecular formula is C16H17ClN2O3S. The Hall–Kier alpha value is -1.53. The standard InChI is InChI=1S/C16H17ClN2O3S/c17-11-5-7-13(8-6-11)23-10-9-18-14(20)15(21)19(16(18)22)12-3-1-2-4-12/h5-8,12H,1-4,9-10H2. The molecule has 1 saturated carbocycles. The van der Waals surface area contributed by atoms with E-state index in [1.807, 2.05) is 12.1 Å². The lowest BCUT2D eigenvalue weighted by atomic mass is 10.2. The van der Waals surface area contributed by atoms with E-state index in [9.17, 15) is 14.4 Å². The number of benzene rings is 1. The summed E-state index contributed by atoms with van der Waals surface area (Å²) in [7, 11) is 0. The van der Waals surface area contributed by atoms with Crippen molar-refractivity contribution in [3.63, 3.8) is 0 Å². The number of rotatable bonds is 5. The quantitative estimate of drug-likeness (QED) is 0.464. The second-order valence-corrected chi connectivity index (χ2v) is 7.26. The minimum atomic E-state index is -0.696. The fourth-order valence-corrected chi connectivity index (χ4v) is 3.95. The molecule has 2 fully saturated rings. The number of nitrogens with zero attached hydrogens (tertiary/aromatic N) is 2. The largest absolute Gasteiger partial charge is 0.334 e. The molecule has 122 valence electrons. The number of carbonyl (C=O) groups is 3. The fourth-order valence-electron chi connectivity index (χ4n) is 2.99. The second kappa shape index (κ2) is 6.93. The number of hydrogen-bond acceptors (Lipinski definition) is 4. The molecule has 0 spiro atoms. The topological polar surface area (TPSA) is 57.7 Å². The van der Waals surface area contributed by atoms with Crippen LogP contribution in [0.25, 0.3) is 0 Å². The first-order valence-electron chi connectivity index (χ1n) is 7.65. The van der Waals surface area contributed by atoms with Gasteiger partial charge >= 0.3 is 17.8 Å². The van der Waals surface area contributed by atoms with Crippen LogP contribution in [-0.4, -0.2) is 46.0 Å². The summed E-state index contributed by atoms with van der Waals surface area (Å²) in [5, 5.41) is 0.664. The third-order valence-corrected chi connectivity index (χ3v) is 5.42. The van der Waals surface area contributed by atoms with Crippen LogP contribution in [0, 0.1) is 0 Å². The number of imide groups is 2. The highest BCUT2D eigenvalue weighted by Crippen LogP contribution is 2.28. The Morgan fingerprint density at radius 1 is 1.04 bits per heavy atom. The van der Waals surface area contributed by atoms with Crippen molar-refractivity contribution >= 4 is 41.2 Å². The van der Waals surface area contributed by atoms with Gasteiger partial charge in [0.05, 0.1) is 0 Å². The van der Waals surface area contributed by atoms with Gasteiger partial charge in [-0.25, -0.2) is 4.79 Å². The summed E-state index contributed by atoms with van der Waals surface area (Å²) in [4.78, 5) is 39.8. The average Bonchev–Trinajstić information content (AvgIpc) is 3.12. The van der Waals surface area contributed by atoms with E-state index < -0.39 is 17.8 Å². The predicted octanol–water partition coefficient (Wildman–Crippen LogP) is 3.17. The molecule has 0 N–H and O–H groups in total. The summed E-state index contributed by atoms with van der Waals surface area (Å²) < 4.78 is 0. The average molecular weight is 353 g/mol. The van der Waals surface area contributed by atoms with E-state index in [0.717, 1.165) is 35.5 Å². The molecule has 1 aromatic carbocycles. The molecule has 2 aliphatic rings. The van der Waals surface area contributed by atoms with Crippen LogP contribution in [0.4, 0.5) is 4.79 Å². The normalized spacial score (nSPS) is 19.3. The van der Waals surface area contributed by atoms with E-state index in [1.165, 1.54) is 16.7 Å². The summed E-state index contributed by atoms with van der Waals surface area (Å²) in [5.41, 5.74) is 0. The molecule has 0 atom stereocenters. The minimum absolute atomic E-state index is 0.104. The zero-order valence-electron chi connectivity index (χ0n) is 12.5. The molecule has 3 rings (SSSR count). The first-order chi connectivity index (χ1) is 11.1. The lowest BCUT2D eigenvalue weighted by Crippen LogP contribution is -2.40. The van der Waals surface area contributed by atoms with E-state index in [-0.39, 0.29) is 12.6 Å². The molecule has 0 aromatic heterocycles. The van der Waals surface area contributed by atoms with Crippen molar-refractivity contribution in [1.29, 1.82) is 0 Å². The Morgan fingerprint density at radius 2 is 1.70 bits per heavy atom. The van der Waals surface area contributed by atoms with E-state index >= 15 is 0 Å². The van der Waals surface area contributed by atoms with Gasteiger partial charge in [0.15, 0.2) is 0 Å². The monoisotopic (exact) mass is 352 g/mol. The van der Waals surface area contributed by atoms with Crippen molar-refractivity contribution in [2.45, 2.75) is 36.6 Å². The third kappa shape index (κ3) is 3.38. The van der Waals surface area contributed by atoms with Crippen LogP contribution in [0.2, 0.25) is 5.02 Å². The fraction of sp³-hybridized carbons (Fsp3) is 0.438. The van der Waals surface area contributed by atoms with Gasteiger partial charge < -0.3 is 0 Å². The maximum Gasteiger partial charge on any atom is 0.334 e. The SMILES string of the molecule is O=C1C(=O)N(C2CCCC2)C(=O)N1CCSc1ccc(Cl)cc1. The summed E-state index contributed by atoms with van der Waals surface area (Å²) >= 11 is 7.35. The zero-order chi connectivity index (χ0) is 16.4. The van der Waals surface area contributed by atoms with Gasteiger partial charge in [-0.3, -0.25) is 19.4 Å². The van der Waals surface area contributed by atoms with Crippen LogP contribution in [-0.2, 0) is 9.59 Å². The van der Waals surface area contributed by atoms with Gasteiger partial charge in [0.1, 0.15) is 0 Å². The van der Waals surface area contributed by atoms with Crippen LogP contribution >= 0.6 is 23.4 Å². The first-order valence-corrected chi connectivity index (χ1v) is 9.01. The van der Waals surface area contributed by atoms with E-state index in [2.05, 4.69) is 0 Å².